The first-order valence-electron chi connectivity index (χ1n) is 8.06. The van der Waals surface area contributed by atoms with Crippen LogP contribution in [0.3, 0.4) is 0 Å². The molecule has 0 aromatic rings. The Morgan fingerprint density at radius 3 is 2.60 bits per heavy atom. The molecule has 20 heavy (non-hydrogen) atoms. The lowest BCUT2D eigenvalue weighted by molar-refractivity contribution is -0.129. The second-order valence-corrected chi connectivity index (χ2v) is 10.7. The van der Waals surface area contributed by atoms with Crippen LogP contribution in [0.25, 0.3) is 0 Å². The van der Waals surface area contributed by atoms with E-state index in [1.807, 2.05) is 0 Å². The molecule has 3 heteroatoms. The van der Waals surface area contributed by atoms with Crippen LogP contribution in [-0.2, 0) is 4.79 Å². The number of carbonyl (C=O) groups is 1. The third-order valence-corrected chi connectivity index (χ3v) is 8.71. The molecule has 0 aliphatic heterocycles. The van der Waals surface area contributed by atoms with Gasteiger partial charge in [0.15, 0.2) is 0 Å². The molecule has 2 nitrogen and oxygen atoms in total. The van der Waals surface area contributed by atoms with Gasteiger partial charge in [-0.3, -0.25) is 10.5 Å². The molecule has 5 atom stereocenters. The standard InChI is InChI=1S/C17H26NOSi/c1-10-5-6-11(2)14(10)17(16(18)19)13-8-7-12(9-13)15(17)20(3)4/h5-6,10,12-13,15,18,20H,7-9H2,1-4H3. The Labute approximate surface area is 124 Å². The number of hydrogen-bond donors (Lipinski definition) is 0. The Kier molecular flexibility index (Phi) is 3.24. The number of carbonyl (C=O) groups excluding carboxylic acids is 1. The Hall–Kier alpha value is -0.833. The number of allylic oxidation sites excluding steroid dienone is 3. The van der Waals surface area contributed by atoms with E-state index >= 15 is 0 Å². The third kappa shape index (κ3) is 1.59. The summed E-state index contributed by atoms with van der Waals surface area (Å²) in [6.07, 6.45) is 8.06. The Bertz CT molecular complexity index is 507. The molecule has 1 amide bonds. The molecule has 0 heterocycles. The maximum Gasteiger partial charge on any atom is 0.249 e. The van der Waals surface area contributed by atoms with E-state index in [4.69, 9.17) is 5.73 Å². The van der Waals surface area contributed by atoms with E-state index in [1.165, 1.54) is 24.0 Å². The smallest absolute Gasteiger partial charge is 0.249 e. The molecule has 1 radical (unpaired) electrons. The van der Waals surface area contributed by atoms with Gasteiger partial charge in [-0.2, -0.15) is 0 Å². The summed E-state index contributed by atoms with van der Waals surface area (Å²) in [5, 5.41) is 0. The van der Waals surface area contributed by atoms with Gasteiger partial charge < -0.3 is 0 Å². The van der Waals surface area contributed by atoms with E-state index < -0.39 is 14.2 Å². The van der Waals surface area contributed by atoms with Gasteiger partial charge in [0.1, 0.15) is 0 Å². The molecule has 0 aromatic heterocycles. The number of fused-ring (bicyclic) bond motifs is 2. The highest BCUT2D eigenvalue weighted by atomic mass is 28.3. The molecular weight excluding hydrogens is 262 g/mol. The summed E-state index contributed by atoms with van der Waals surface area (Å²) in [6, 6.07) is 0. The molecule has 2 fully saturated rings. The van der Waals surface area contributed by atoms with E-state index in [1.54, 1.807) is 0 Å². The van der Waals surface area contributed by atoms with Gasteiger partial charge in [-0.05, 0) is 48.6 Å². The molecule has 3 aliphatic rings. The van der Waals surface area contributed by atoms with Crippen molar-refractivity contribution in [3.05, 3.63) is 23.3 Å². The lowest BCUT2D eigenvalue weighted by Crippen LogP contribution is -2.48. The van der Waals surface area contributed by atoms with Crippen LogP contribution in [-0.4, -0.2) is 14.7 Å². The second kappa shape index (κ2) is 4.59. The highest BCUT2D eigenvalue weighted by molar-refractivity contribution is 6.58. The minimum atomic E-state index is -0.963. The van der Waals surface area contributed by atoms with Gasteiger partial charge in [-0.1, -0.05) is 44.2 Å². The summed E-state index contributed by atoms with van der Waals surface area (Å²) in [4.78, 5) is 12.6. The van der Waals surface area contributed by atoms with E-state index in [0.29, 0.717) is 23.3 Å². The maximum absolute atomic E-state index is 12.6. The minimum Gasteiger partial charge on any atom is -0.272 e. The number of nitrogens with one attached hydrogen (secondary N) is 1. The normalized spacial score (nSPS) is 43.0. The zero-order chi connectivity index (χ0) is 14.7. The van der Waals surface area contributed by atoms with Crippen LogP contribution in [0.2, 0.25) is 18.6 Å². The first kappa shape index (κ1) is 14.1. The highest BCUT2D eigenvalue weighted by Crippen LogP contribution is 2.68. The van der Waals surface area contributed by atoms with E-state index in [2.05, 4.69) is 39.1 Å². The molecule has 0 spiro atoms. The fourth-order valence-corrected chi connectivity index (χ4v) is 8.96. The summed E-state index contributed by atoms with van der Waals surface area (Å²) in [6.45, 7) is 9.11. The van der Waals surface area contributed by atoms with E-state index in [0.717, 1.165) is 6.42 Å². The Balaban J connectivity index is 2.18. The summed E-state index contributed by atoms with van der Waals surface area (Å²) in [5.41, 5.74) is 10.8. The zero-order valence-corrected chi connectivity index (χ0v) is 14.2. The Morgan fingerprint density at radius 1 is 1.40 bits per heavy atom. The van der Waals surface area contributed by atoms with Gasteiger partial charge in [0.05, 0.1) is 5.41 Å². The average Bonchev–Trinajstić information content (AvgIpc) is 3.02. The summed E-state index contributed by atoms with van der Waals surface area (Å²) >= 11 is 0. The van der Waals surface area contributed by atoms with Crippen LogP contribution >= 0.6 is 0 Å². The predicted molar refractivity (Wildman–Crippen MR) is 85.0 cm³/mol. The molecule has 5 unspecified atom stereocenters. The van der Waals surface area contributed by atoms with Crippen molar-refractivity contribution >= 4 is 14.7 Å². The van der Waals surface area contributed by atoms with Gasteiger partial charge >= 0.3 is 0 Å². The molecule has 0 aromatic carbocycles. The topological polar surface area (TPSA) is 40.9 Å². The van der Waals surface area contributed by atoms with Gasteiger partial charge in [0, 0.05) is 8.80 Å². The fourth-order valence-electron chi connectivity index (χ4n) is 5.87. The summed E-state index contributed by atoms with van der Waals surface area (Å²) < 4.78 is 0. The number of amides is 1. The summed E-state index contributed by atoms with van der Waals surface area (Å²) in [7, 11) is -0.963. The third-order valence-electron chi connectivity index (χ3n) is 6.21. The molecule has 2 saturated carbocycles. The minimum absolute atomic E-state index is 0.277. The average molecular weight is 288 g/mol. The van der Waals surface area contributed by atoms with E-state index in [-0.39, 0.29) is 5.91 Å². The number of hydrogen-bond acceptors (Lipinski definition) is 1. The first-order chi connectivity index (χ1) is 9.40. The Morgan fingerprint density at radius 2 is 2.10 bits per heavy atom. The van der Waals surface area contributed by atoms with Crippen LogP contribution in [0.5, 0.6) is 0 Å². The van der Waals surface area contributed by atoms with Gasteiger partial charge in [-0.15, -0.1) is 0 Å². The van der Waals surface area contributed by atoms with E-state index in [9.17, 15) is 4.79 Å². The highest BCUT2D eigenvalue weighted by Gasteiger charge is 2.64. The molecule has 109 valence electrons. The second-order valence-electron chi connectivity index (χ2n) is 7.48. The first-order valence-corrected chi connectivity index (χ1v) is 11.0. The lowest BCUT2D eigenvalue weighted by Gasteiger charge is -2.46. The molecule has 3 aliphatic carbocycles. The van der Waals surface area contributed by atoms with Gasteiger partial charge in [-0.25, -0.2) is 0 Å². The zero-order valence-electron chi connectivity index (χ0n) is 13.1. The van der Waals surface area contributed by atoms with Crippen LogP contribution < -0.4 is 5.73 Å². The number of rotatable bonds is 3. The maximum atomic E-state index is 12.6. The largest absolute Gasteiger partial charge is 0.272 e. The van der Waals surface area contributed by atoms with Crippen molar-refractivity contribution in [3.63, 3.8) is 0 Å². The summed E-state index contributed by atoms with van der Waals surface area (Å²) in [5.74, 6) is 1.23. The van der Waals surface area contributed by atoms with Crippen molar-refractivity contribution in [3.8, 4) is 0 Å². The van der Waals surface area contributed by atoms with Gasteiger partial charge in [0.2, 0.25) is 5.91 Å². The van der Waals surface area contributed by atoms with Crippen LogP contribution in [0, 0.1) is 23.2 Å². The van der Waals surface area contributed by atoms with Crippen molar-refractivity contribution in [2.45, 2.75) is 51.7 Å². The molecule has 0 saturated heterocycles. The predicted octanol–water partition coefficient (Wildman–Crippen LogP) is 3.59. The SMILES string of the molecule is CC1=C(C2(C([NH])=O)C3CCC(C3)C2[SiH](C)C)C(C)C=C1. The monoisotopic (exact) mass is 288 g/mol. The van der Waals surface area contributed by atoms with Crippen molar-refractivity contribution in [1.29, 1.82) is 0 Å². The van der Waals surface area contributed by atoms with Crippen LogP contribution in [0.4, 0.5) is 0 Å². The van der Waals surface area contributed by atoms with Crippen LogP contribution in [0.15, 0.2) is 23.3 Å². The molecule has 1 N–H and O–H groups in total. The fraction of sp³-hybridized carbons (Fsp3) is 0.706. The van der Waals surface area contributed by atoms with Crippen LogP contribution in [0.1, 0.15) is 33.1 Å². The molecule has 3 rings (SSSR count). The molecular formula is C17H26NOSi. The van der Waals surface area contributed by atoms with Crippen molar-refractivity contribution in [2.24, 2.45) is 23.2 Å². The molecule has 2 bridgehead atoms. The van der Waals surface area contributed by atoms with Crippen molar-refractivity contribution in [2.75, 3.05) is 0 Å². The van der Waals surface area contributed by atoms with Gasteiger partial charge in [0.25, 0.3) is 0 Å². The van der Waals surface area contributed by atoms with Crippen molar-refractivity contribution in [1.82, 2.24) is 5.73 Å². The quantitative estimate of drug-likeness (QED) is 0.732. The van der Waals surface area contributed by atoms with Crippen molar-refractivity contribution < 1.29 is 4.79 Å². The lowest BCUT2D eigenvalue weighted by atomic mass is 9.63.